The van der Waals surface area contributed by atoms with Crippen LogP contribution in [0.4, 0.5) is 10.9 Å². The molecule has 0 unspecified atom stereocenters. The Hall–Kier alpha value is -1.54. The Morgan fingerprint density at radius 1 is 1.59 bits per heavy atom. The van der Waals surface area contributed by atoms with Crippen molar-refractivity contribution in [2.24, 2.45) is 0 Å². The van der Waals surface area contributed by atoms with Crippen LogP contribution in [0.5, 0.6) is 0 Å². The van der Waals surface area contributed by atoms with Gasteiger partial charge in [0.2, 0.25) is 5.13 Å². The smallest absolute Gasteiger partial charge is 0.261 e. The molecule has 6 nitrogen and oxygen atoms in total. The van der Waals surface area contributed by atoms with E-state index in [1.165, 1.54) is 6.20 Å². The molecular formula is C9H8BrN5OS. The number of nitrogen functional groups attached to an aromatic ring is 1. The lowest BCUT2D eigenvalue weighted by atomic mass is 10.2. The Kier molecular flexibility index (Phi) is 3.34. The van der Waals surface area contributed by atoms with Crippen molar-refractivity contribution in [3.63, 3.8) is 0 Å². The summed E-state index contributed by atoms with van der Waals surface area (Å²) in [6.07, 6.45) is 1.53. The van der Waals surface area contributed by atoms with Crippen molar-refractivity contribution in [1.29, 1.82) is 0 Å². The van der Waals surface area contributed by atoms with Crippen LogP contribution in [0.25, 0.3) is 0 Å². The van der Waals surface area contributed by atoms with E-state index in [9.17, 15) is 4.79 Å². The molecule has 0 saturated heterocycles. The molecule has 0 radical (unpaired) electrons. The zero-order valence-electron chi connectivity index (χ0n) is 8.77. The van der Waals surface area contributed by atoms with E-state index in [-0.39, 0.29) is 11.7 Å². The molecule has 8 heteroatoms. The van der Waals surface area contributed by atoms with Crippen molar-refractivity contribution < 1.29 is 4.79 Å². The second-order valence-corrected chi connectivity index (χ2v) is 4.85. The average Bonchev–Trinajstić information content (AvgIpc) is 2.67. The summed E-state index contributed by atoms with van der Waals surface area (Å²) < 4.78 is 4.65. The molecule has 0 aliphatic carbocycles. The van der Waals surface area contributed by atoms with E-state index in [2.05, 4.69) is 35.6 Å². The van der Waals surface area contributed by atoms with Crippen molar-refractivity contribution in [3.8, 4) is 0 Å². The van der Waals surface area contributed by atoms with Gasteiger partial charge < -0.3 is 5.73 Å². The van der Waals surface area contributed by atoms with E-state index in [1.807, 2.05) is 0 Å². The summed E-state index contributed by atoms with van der Waals surface area (Å²) in [7, 11) is 0. The van der Waals surface area contributed by atoms with E-state index < -0.39 is 0 Å². The average molecular weight is 314 g/mol. The number of amides is 1. The number of anilines is 2. The Bertz CT molecular complexity index is 570. The minimum Gasteiger partial charge on any atom is -0.383 e. The number of halogens is 1. The molecule has 2 heterocycles. The van der Waals surface area contributed by atoms with Gasteiger partial charge in [0, 0.05) is 22.2 Å². The van der Waals surface area contributed by atoms with Gasteiger partial charge in [-0.05, 0) is 28.9 Å². The molecule has 0 bridgehead atoms. The van der Waals surface area contributed by atoms with Gasteiger partial charge in [0.05, 0.1) is 5.56 Å². The Labute approximate surface area is 110 Å². The summed E-state index contributed by atoms with van der Waals surface area (Å²) in [6, 6.07) is 1.60. The van der Waals surface area contributed by atoms with Crippen LogP contribution in [0.2, 0.25) is 0 Å². The molecular weight excluding hydrogens is 306 g/mol. The molecule has 0 atom stereocenters. The minimum atomic E-state index is -0.354. The van der Waals surface area contributed by atoms with Crippen LogP contribution in [-0.2, 0) is 0 Å². The second-order valence-electron chi connectivity index (χ2n) is 3.19. The van der Waals surface area contributed by atoms with Gasteiger partial charge in [0.25, 0.3) is 5.91 Å². The monoisotopic (exact) mass is 313 g/mol. The third kappa shape index (κ3) is 2.77. The molecule has 2 aromatic rings. The Balaban J connectivity index is 2.22. The topological polar surface area (TPSA) is 93.8 Å². The third-order valence-corrected chi connectivity index (χ3v) is 3.03. The maximum absolute atomic E-state index is 11.9. The number of nitrogens with zero attached hydrogens (tertiary/aromatic N) is 3. The van der Waals surface area contributed by atoms with Gasteiger partial charge >= 0.3 is 0 Å². The molecule has 88 valence electrons. The highest BCUT2D eigenvalue weighted by Crippen LogP contribution is 2.18. The van der Waals surface area contributed by atoms with Crippen LogP contribution in [0.3, 0.4) is 0 Å². The van der Waals surface area contributed by atoms with Crippen LogP contribution < -0.4 is 11.1 Å². The van der Waals surface area contributed by atoms with Crippen molar-refractivity contribution >= 4 is 44.3 Å². The summed E-state index contributed by atoms with van der Waals surface area (Å²) in [6.45, 7) is 1.75. The summed E-state index contributed by atoms with van der Waals surface area (Å²) in [4.78, 5) is 19.8. The molecule has 0 spiro atoms. The molecule has 0 fully saturated rings. The predicted molar refractivity (Wildman–Crippen MR) is 68.9 cm³/mol. The first-order chi connectivity index (χ1) is 8.06. The molecule has 0 aliphatic rings. The number of nitrogens with two attached hydrogens (primary N) is 1. The third-order valence-electron chi connectivity index (χ3n) is 1.88. The van der Waals surface area contributed by atoms with Crippen LogP contribution in [-0.4, -0.2) is 20.2 Å². The van der Waals surface area contributed by atoms with E-state index in [4.69, 9.17) is 5.73 Å². The van der Waals surface area contributed by atoms with Crippen LogP contribution >= 0.6 is 27.5 Å². The SMILES string of the molecule is Cc1nsc(NC(=O)c2cc(Br)cnc2N)n1. The number of carbonyl (C=O) groups is 1. The van der Waals surface area contributed by atoms with Crippen molar-refractivity contribution in [1.82, 2.24) is 14.3 Å². The summed E-state index contributed by atoms with van der Waals surface area (Å²) in [5.41, 5.74) is 5.92. The standard InChI is InChI=1S/C9H8BrN5OS/c1-4-13-9(17-15-4)14-8(16)6-2-5(10)3-12-7(6)11/h2-3H,1H3,(H2,11,12)(H,13,14,15,16). The maximum atomic E-state index is 11.9. The molecule has 0 aromatic carbocycles. The molecule has 0 aliphatic heterocycles. The first-order valence-corrected chi connectivity index (χ1v) is 6.15. The highest BCUT2D eigenvalue weighted by molar-refractivity contribution is 9.10. The first kappa shape index (κ1) is 11.9. The van der Waals surface area contributed by atoms with Crippen LogP contribution in [0, 0.1) is 6.92 Å². The number of nitrogens with one attached hydrogen (secondary N) is 1. The largest absolute Gasteiger partial charge is 0.383 e. The number of hydrogen-bond acceptors (Lipinski definition) is 6. The molecule has 3 N–H and O–H groups in total. The van der Waals surface area contributed by atoms with E-state index in [1.54, 1.807) is 13.0 Å². The highest BCUT2D eigenvalue weighted by Gasteiger charge is 2.13. The van der Waals surface area contributed by atoms with Crippen LogP contribution in [0.15, 0.2) is 16.7 Å². The number of hydrogen-bond donors (Lipinski definition) is 2. The fourth-order valence-corrected chi connectivity index (χ4v) is 2.05. The maximum Gasteiger partial charge on any atom is 0.261 e. The number of carbonyl (C=O) groups excluding carboxylic acids is 1. The van der Waals surface area contributed by atoms with Crippen molar-refractivity contribution in [3.05, 3.63) is 28.1 Å². The van der Waals surface area contributed by atoms with Crippen molar-refractivity contribution in [2.75, 3.05) is 11.1 Å². The van der Waals surface area contributed by atoms with Crippen LogP contribution in [0.1, 0.15) is 16.2 Å². The quantitative estimate of drug-likeness (QED) is 0.882. The van der Waals surface area contributed by atoms with E-state index >= 15 is 0 Å². The molecule has 2 aromatic heterocycles. The number of pyridine rings is 1. The Morgan fingerprint density at radius 2 is 2.35 bits per heavy atom. The lowest BCUT2D eigenvalue weighted by Gasteiger charge is -2.04. The fraction of sp³-hybridized carbons (Fsp3) is 0.111. The first-order valence-electron chi connectivity index (χ1n) is 4.59. The minimum absolute atomic E-state index is 0.173. The molecule has 2 rings (SSSR count). The van der Waals surface area contributed by atoms with E-state index in [0.29, 0.717) is 21.0 Å². The normalized spacial score (nSPS) is 10.2. The van der Waals surface area contributed by atoms with Gasteiger partial charge in [-0.15, -0.1) is 0 Å². The molecule has 1 amide bonds. The fourth-order valence-electron chi connectivity index (χ4n) is 1.14. The van der Waals surface area contributed by atoms with E-state index in [0.717, 1.165) is 11.5 Å². The second kappa shape index (κ2) is 4.76. The molecule has 17 heavy (non-hydrogen) atoms. The highest BCUT2D eigenvalue weighted by atomic mass is 79.9. The zero-order valence-corrected chi connectivity index (χ0v) is 11.2. The van der Waals surface area contributed by atoms with Gasteiger partial charge in [-0.2, -0.15) is 4.37 Å². The van der Waals surface area contributed by atoms with Gasteiger partial charge in [0.15, 0.2) is 0 Å². The number of aryl methyl sites for hydroxylation is 1. The van der Waals surface area contributed by atoms with Gasteiger partial charge in [-0.1, -0.05) is 0 Å². The lowest BCUT2D eigenvalue weighted by Crippen LogP contribution is -2.14. The molecule has 0 saturated carbocycles. The van der Waals surface area contributed by atoms with Gasteiger partial charge in [-0.25, -0.2) is 9.97 Å². The van der Waals surface area contributed by atoms with Gasteiger partial charge in [0.1, 0.15) is 11.6 Å². The summed E-state index contributed by atoms with van der Waals surface area (Å²) in [5.74, 6) is 0.435. The zero-order chi connectivity index (χ0) is 12.4. The van der Waals surface area contributed by atoms with Gasteiger partial charge in [-0.3, -0.25) is 10.1 Å². The van der Waals surface area contributed by atoms with Crippen molar-refractivity contribution in [2.45, 2.75) is 6.92 Å². The predicted octanol–water partition coefficient (Wildman–Crippen LogP) is 1.84. The number of aromatic nitrogens is 3. The lowest BCUT2D eigenvalue weighted by molar-refractivity contribution is 0.102. The summed E-state index contributed by atoms with van der Waals surface area (Å²) >= 11 is 4.35. The number of rotatable bonds is 2. The Morgan fingerprint density at radius 3 is 3.00 bits per heavy atom. The summed E-state index contributed by atoms with van der Waals surface area (Å²) in [5, 5.41) is 3.05.